The van der Waals surface area contributed by atoms with Crippen molar-refractivity contribution in [3.63, 3.8) is 0 Å². The van der Waals surface area contributed by atoms with Crippen molar-refractivity contribution in [1.82, 2.24) is 0 Å². The maximum atomic E-state index is 13.1. The highest BCUT2D eigenvalue weighted by Gasteiger charge is 2.37. The van der Waals surface area contributed by atoms with Gasteiger partial charge in [-0.25, -0.2) is 9.69 Å². The van der Waals surface area contributed by atoms with E-state index in [1.807, 2.05) is 0 Å². The monoisotopic (exact) mass is 523 g/mol. The average molecular weight is 523 g/mol. The summed E-state index contributed by atoms with van der Waals surface area (Å²) in [7, 11) is 0. The molecule has 192 valence electrons. The molecule has 5 rings (SSSR count). The van der Waals surface area contributed by atoms with Crippen LogP contribution in [0.15, 0.2) is 91.0 Å². The Hall–Kier alpha value is -5.84. The van der Waals surface area contributed by atoms with Gasteiger partial charge < -0.3 is 15.2 Å². The lowest BCUT2D eigenvalue weighted by Crippen LogP contribution is -2.29. The summed E-state index contributed by atoms with van der Waals surface area (Å²) in [4.78, 5) is 61.5. The van der Waals surface area contributed by atoms with E-state index in [9.17, 15) is 34.4 Å². The summed E-state index contributed by atoms with van der Waals surface area (Å²) in [6.07, 6.45) is 0. The van der Waals surface area contributed by atoms with Gasteiger partial charge >= 0.3 is 5.97 Å². The van der Waals surface area contributed by atoms with Gasteiger partial charge in [-0.3, -0.25) is 24.5 Å². The fourth-order valence-corrected chi connectivity index (χ4v) is 4.02. The zero-order valence-electron chi connectivity index (χ0n) is 19.9. The molecule has 0 saturated heterocycles. The largest absolute Gasteiger partial charge is 0.478 e. The number of ether oxygens (including phenoxy) is 1. The van der Waals surface area contributed by atoms with Gasteiger partial charge in [0.05, 0.1) is 33.0 Å². The Labute approximate surface area is 220 Å². The number of imide groups is 1. The molecule has 11 heteroatoms. The van der Waals surface area contributed by atoms with E-state index in [-0.39, 0.29) is 45.1 Å². The molecule has 0 aliphatic carbocycles. The molecule has 4 aromatic carbocycles. The van der Waals surface area contributed by atoms with Gasteiger partial charge in [0, 0.05) is 17.7 Å². The van der Waals surface area contributed by atoms with Crippen LogP contribution in [0.1, 0.15) is 41.4 Å². The average Bonchev–Trinajstić information content (AvgIpc) is 3.18. The van der Waals surface area contributed by atoms with E-state index in [1.54, 1.807) is 12.1 Å². The van der Waals surface area contributed by atoms with Crippen molar-refractivity contribution >= 4 is 40.8 Å². The Balaban J connectivity index is 1.32. The molecule has 3 amide bonds. The smallest absolute Gasteiger partial charge is 0.337 e. The number of carboxylic acids is 1. The highest BCUT2D eigenvalue weighted by Crippen LogP contribution is 2.33. The molecular weight excluding hydrogens is 506 g/mol. The SMILES string of the molecule is O=C(Nc1ccccc1C(=O)O)c1ccc(N2C(=O)c3ccc(Oc4ccc([N+](=O)[O-])cc4)cc3C2=O)cc1. The molecule has 0 atom stereocenters. The van der Waals surface area contributed by atoms with Crippen molar-refractivity contribution in [2.24, 2.45) is 0 Å². The summed E-state index contributed by atoms with van der Waals surface area (Å²) in [5.74, 6) is -2.31. The molecule has 4 aromatic rings. The Kier molecular flexibility index (Phi) is 6.31. The number of nitrogens with one attached hydrogen (secondary N) is 1. The van der Waals surface area contributed by atoms with Crippen molar-refractivity contribution < 1.29 is 33.9 Å². The first-order chi connectivity index (χ1) is 18.7. The van der Waals surface area contributed by atoms with Crippen molar-refractivity contribution in [2.45, 2.75) is 0 Å². The molecule has 0 radical (unpaired) electrons. The van der Waals surface area contributed by atoms with Crippen LogP contribution in [0.5, 0.6) is 11.5 Å². The maximum Gasteiger partial charge on any atom is 0.337 e. The highest BCUT2D eigenvalue weighted by molar-refractivity contribution is 6.34. The zero-order valence-corrected chi connectivity index (χ0v) is 19.9. The van der Waals surface area contributed by atoms with Crippen LogP contribution >= 0.6 is 0 Å². The molecule has 0 aromatic heterocycles. The number of benzene rings is 4. The molecule has 2 N–H and O–H groups in total. The molecular formula is C28H17N3O8. The number of anilines is 2. The Bertz CT molecular complexity index is 1660. The summed E-state index contributed by atoms with van der Waals surface area (Å²) in [6.45, 7) is 0. The van der Waals surface area contributed by atoms with Gasteiger partial charge in [-0.1, -0.05) is 12.1 Å². The summed E-state index contributed by atoms with van der Waals surface area (Å²) in [6, 6.07) is 21.5. The number of aromatic carboxylic acids is 1. The van der Waals surface area contributed by atoms with E-state index >= 15 is 0 Å². The Morgan fingerprint density at radius 1 is 0.821 bits per heavy atom. The minimum Gasteiger partial charge on any atom is -0.478 e. The lowest BCUT2D eigenvalue weighted by atomic mass is 10.1. The van der Waals surface area contributed by atoms with E-state index in [0.29, 0.717) is 5.75 Å². The van der Waals surface area contributed by atoms with Gasteiger partial charge in [-0.15, -0.1) is 0 Å². The molecule has 0 bridgehead atoms. The number of rotatable bonds is 7. The summed E-state index contributed by atoms with van der Waals surface area (Å²) in [5.41, 5.74) is 0.684. The van der Waals surface area contributed by atoms with Gasteiger partial charge in [0.15, 0.2) is 0 Å². The number of fused-ring (bicyclic) bond motifs is 1. The van der Waals surface area contributed by atoms with Crippen molar-refractivity contribution in [3.8, 4) is 11.5 Å². The van der Waals surface area contributed by atoms with E-state index in [4.69, 9.17) is 4.74 Å². The maximum absolute atomic E-state index is 13.1. The van der Waals surface area contributed by atoms with Gasteiger partial charge in [-0.05, 0) is 66.7 Å². The minimum absolute atomic E-state index is 0.0644. The van der Waals surface area contributed by atoms with Crippen molar-refractivity contribution in [3.05, 3.63) is 123 Å². The standard InChI is InChI=1S/C28H17N3O8/c32-25(29-24-4-2-1-3-22(24)28(35)36)16-5-7-17(8-6-16)30-26(33)21-14-13-20(15-23(21)27(30)34)39-19-11-9-18(10-12-19)31(37)38/h1-15H,(H,29,32)(H,35,36). The van der Waals surface area contributed by atoms with Gasteiger partial charge in [0.1, 0.15) is 11.5 Å². The Morgan fingerprint density at radius 2 is 1.46 bits per heavy atom. The molecule has 0 spiro atoms. The van der Waals surface area contributed by atoms with Crippen LogP contribution in [-0.4, -0.2) is 33.7 Å². The van der Waals surface area contributed by atoms with Gasteiger partial charge in [0.2, 0.25) is 0 Å². The number of para-hydroxylation sites is 1. The van der Waals surface area contributed by atoms with Crippen LogP contribution in [0.25, 0.3) is 0 Å². The first-order valence-corrected chi connectivity index (χ1v) is 11.4. The number of hydrogen-bond acceptors (Lipinski definition) is 7. The van der Waals surface area contributed by atoms with Gasteiger partial charge in [0.25, 0.3) is 23.4 Å². The van der Waals surface area contributed by atoms with E-state index < -0.39 is 28.6 Å². The number of nitro benzene ring substituents is 1. The third kappa shape index (κ3) is 4.79. The molecule has 1 aliphatic rings. The molecule has 1 aliphatic heterocycles. The fraction of sp³-hybridized carbons (Fsp3) is 0. The molecule has 11 nitrogen and oxygen atoms in total. The normalized spacial score (nSPS) is 12.2. The van der Waals surface area contributed by atoms with Crippen LogP contribution < -0.4 is 15.0 Å². The van der Waals surface area contributed by atoms with Gasteiger partial charge in [-0.2, -0.15) is 0 Å². The fourth-order valence-electron chi connectivity index (χ4n) is 4.02. The third-order valence-corrected chi connectivity index (χ3v) is 5.93. The van der Waals surface area contributed by atoms with Crippen LogP contribution in [-0.2, 0) is 0 Å². The number of nitrogens with zero attached hydrogens (tertiary/aromatic N) is 2. The number of non-ortho nitro benzene ring substituents is 1. The topological polar surface area (TPSA) is 156 Å². The van der Waals surface area contributed by atoms with Crippen LogP contribution in [0.4, 0.5) is 17.1 Å². The molecule has 0 fully saturated rings. The van der Waals surface area contributed by atoms with Crippen LogP contribution in [0.3, 0.4) is 0 Å². The lowest BCUT2D eigenvalue weighted by molar-refractivity contribution is -0.384. The number of hydrogen-bond donors (Lipinski definition) is 2. The number of amides is 3. The number of carbonyl (C=O) groups is 4. The predicted octanol–water partition coefficient (Wildman–Crippen LogP) is 5.14. The highest BCUT2D eigenvalue weighted by atomic mass is 16.6. The third-order valence-electron chi connectivity index (χ3n) is 5.93. The second-order valence-corrected chi connectivity index (χ2v) is 8.36. The van der Waals surface area contributed by atoms with Crippen LogP contribution in [0.2, 0.25) is 0 Å². The quantitative estimate of drug-likeness (QED) is 0.192. The number of nitro groups is 1. The summed E-state index contributed by atoms with van der Waals surface area (Å²) in [5, 5.41) is 22.7. The number of carbonyl (C=O) groups excluding carboxylic acids is 3. The Morgan fingerprint density at radius 3 is 2.13 bits per heavy atom. The van der Waals surface area contributed by atoms with Crippen molar-refractivity contribution in [2.75, 3.05) is 10.2 Å². The zero-order chi connectivity index (χ0) is 27.7. The summed E-state index contributed by atoms with van der Waals surface area (Å²) >= 11 is 0. The second-order valence-electron chi connectivity index (χ2n) is 8.36. The summed E-state index contributed by atoms with van der Waals surface area (Å²) < 4.78 is 5.69. The van der Waals surface area contributed by atoms with Crippen LogP contribution in [0, 0.1) is 10.1 Å². The first kappa shape index (κ1) is 24.8. The molecule has 0 saturated carbocycles. The van der Waals surface area contributed by atoms with E-state index in [1.165, 1.54) is 78.9 Å². The second kappa shape index (κ2) is 9.90. The molecule has 1 heterocycles. The molecule has 39 heavy (non-hydrogen) atoms. The van der Waals surface area contributed by atoms with E-state index in [2.05, 4.69) is 5.32 Å². The van der Waals surface area contributed by atoms with Crippen molar-refractivity contribution in [1.29, 1.82) is 0 Å². The first-order valence-electron chi connectivity index (χ1n) is 11.4. The molecule has 0 unspecified atom stereocenters. The minimum atomic E-state index is -1.19. The van der Waals surface area contributed by atoms with E-state index in [0.717, 1.165) is 4.90 Å². The number of carboxylic acid groups (broad SMARTS) is 1. The predicted molar refractivity (Wildman–Crippen MR) is 139 cm³/mol. The lowest BCUT2D eigenvalue weighted by Gasteiger charge is -2.14.